The van der Waals surface area contributed by atoms with Crippen molar-refractivity contribution >= 4 is 0 Å². The van der Waals surface area contributed by atoms with E-state index in [1.165, 1.54) is 0 Å². The second-order valence-corrected chi connectivity index (χ2v) is 2.71. The lowest BCUT2D eigenvalue weighted by Gasteiger charge is -2.05. The molecule has 0 saturated heterocycles. The number of azide groups is 1. The van der Waals surface area contributed by atoms with Crippen molar-refractivity contribution in [2.75, 3.05) is 52.8 Å². The molecule has 0 saturated carbocycles. The van der Waals surface area contributed by atoms with Gasteiger partial charge < -0.3 is 14.2 Å². The summed E-state index contributed by atoms with van der Waals surface area (Å²) in [6.07, 6.45) is 0. The second-order valence-electron chi connectivity index (χ2n) is 2.71. The third kappa shape index (κ3) is 15.1. The van der Waals surface area contributed by atoms with Crippen LogP contribution >= 0.6 is 0 Å². The molecule has 0 aliphatic carbocycles. The zero-order valence-electron chi connectivity index (χ0n) is 9.62. The molecule has 0 unspecified atom stereocenters. The Balaban J connectivity index is 2.91. The van der Waals surface area contributed by atoms with Gasteiger partial charge in [0, 0.05) is 11.5 Å². The van der Waals surface area contributed by atoms with Crippen LogP contribution in [0.5, 0.6) is 0 Å². The average molecular weight is 250 g/mol. The van der Waals surface area contributed by atoms with Crippen LogP contribution < -0.4 is 5.90 Å². The second kappa shape index (κ2) is 15.1. The summed E-state index contributed by atoms with van der Waals surface area (Å²) in [5.74, 6) is 4.63. The van der Waals surface area contributed by atoms with E-state index < -0.39 is 0 Å². The normalized spacial score (nSPS) is 10.2. The summed E-state index contributed by atoms with van der Waals surface area (Å²) in [5.41, 5.74) is 7.98. The minimum absolute atomic E-state index is 0.277. The van der Waals surface area contributed by atoms with Crippen molar-refractivity contribution in [2.45, 2.75) is 0 Å². The van der Waals surface area contributed by atoms with Crippen LogP contribution in [-0.4, -0.2) is 52.8 Å². The van der Waals surface area contributed by atoms with E-state index in [2.05, 4.69) is 25.8 Å². The van der Waals surface area contributed by atoms with E-state index in [1.54, 1.807) is 0 Å². The van der Waals surface area contributed by atoms with Gasteiger partial charge in [0.05, 0.1) is 39.6 Å². The van der Waals surface area contributed by atoms with E-state index in [4.69, 9.17) is 19.7 Å². The fraction of sp³-hybridized carbons (Fsp3) is 1.00. The van der Waals surface area contributed by atoms with Crippen molar-refractivity contribution in [3.63, 3.8) is 0 Å². The van der Waals surface area contributed by atoms with Crippen LogP contribution in [0, 0.1) is 0 Å². The van der Waals surface area contributed by atoms with Crippen molar-refractivity contribution < 1.29 is 24.1 Å². The number of hydrogen-bond donors (Lipinski definition) is 1. The van der Waals surface area contributed by atoms with Gasteiger partial charge in [-0.3, -0.25) is 0 Å². The van der Waals surface area contributed by atoms with Gasteiger partial charge in [0.25, 0.3) is 0 Å². The van der Waals surface area contributed by atoms with Gasteiger partial charge >= 0.3 is 0 Å². The van der Waals surface area contributed by atoms with Gasteiger partial charge in [-0.15, -0.1) is 4.99 Å². The van der Waals surface area contributed by atoms with Crippen molar-refractivity contribution in [1.29, 1.82) is 0 Å². The van der Waals surface area contributed by atoms with Crippen LogP contribution in [0.1, 0.15) is 0 Å². The molecule has 17 heavy (non-hydrogen) atoms. The monoisotopic (exact) mass is 250 g/mol. The Kier molecular flexibility index (Phi) is 14.2. The summed E-state index contributed by atoms with van der Waals surface area (Å²) in [7, 11) is 0. The van der Waals surface area contributed by atoms with Crippen LogP contribution in [-0.2, 0) is 24.1 Å². The van der Waals surface area contributed by atoms with Crippen molar-refractivity contribution in [1.82, 2.24) is 0 Å². The van der Waals surface area contributed by atoms with E-state index in [0.717, 1.165) is 0 Å². The van der Waals surface area contributed by atoms with Gasteiger partial charge in [-0.1, -0.05) is 5.11 Å². The van der Waals surface area contributed by atoms with Crippen LogP contribution in [0.15, 0.2) is 5.11 Å². The molecule has 0 aliphatic heterocycles. The molecule has 0 aliphatic rings. The highest BCUT2D eigenvalue weighted by molar-refractivity contribution is 4.44. The highest BCUT2D eigenvalue weighted by Gasteiger charge is 1.91. The Morgan fingerprint density at radius 1 is 0.882 bits per heavy atom. The third-order valence-corrected chi connectivity index (χ3v) is 1.52. The molecule has 0 heterocycles. The molecule has 0 radical (unpaired) electrons. The fourth-order valence-electron chi connectivity index (χ4n) is 0.833. The van der Waals surface area contributed by atoms with E-state index in [9.17, 15) is 0 Å². The first kappa shape index (κ1) is 16.1. The Hall–Kier alpha value is -0.930. The first-order valence-electron chi connectivity index (χ1n) is 5.14. The maximum absolute atomic E-state index is 7.98. The quantitative estimate of drug-likeness (QED) is 0.124. The van der Waals surface area contributed by atoms with Crippen LogP contribution in [0.4, 0.5) is 0 Å². The summed E-state index contributed by atoms with van der Waals surface area (Å²) >= 11 is 0. The van der Waals surface area contributed by atoms with Crippen molar-refractivity contribution in [3.8, 4) is 0 Å². The number of nitrogens with two attached hydrogens (primary N) is 1. The molecule has 9 nitrogen and oxygen atoms in total. The maximum atomic E-state index is 7.98. The van der Waals surface area contributed by atoms with Gasteiger partial charge in [0.1, 0.15) is 6.61 Å². The first-order chi connectivity index (χ1) is 8.41. The van der Waals surface area contributed by atoms with Crippen LogP contribution in [0.25, 0.3) is 10.4 Å². The van der Waals surface area contributed by atoms with Gasteiger partial charge in [-0.25, -0.2) is 4.89 Å². The molecule has 0 aromatic heterocycles. The largest absolute Gasteiger partial charge is 0.379 e. The summed E-state index contributed by atoms with van der Waals surface area (Å²) < 4.78 is 15.4. The number of hydrogen-bond acceptors (Lipinski definition) is 7. The lowest BCUT2D eigenvalue weighted by molar-refractivity contribution is -0.304. The molecule has 0 bridgehead atoms. The zero-order valence-corrected chi connectivity index (χ0v) is 9.62. The summed E-state index contributed by atoms with van der Waals surface area (Å²) in [6, 6.07) is 0. The highest BCUT2D eigenvalue weighted by atomic mass is 17.3. The van der Waals surface area contributed by atoms with Gasteiger partial charge in [-0.05, 0) is 5.53 Å². The molecule has 0 amide bonds. The van der Waals surface area contributed by atoms with E-state index >= 15 is 0 Å². The van der Waals surface area contributed by atoms with E-state index in [1.807, 2.05) is 0 Å². The van der Waals surface area contributed by atoms with Crippen molar-refractivity contribution in [3.05, 3.63) is 10.4 Å². The highest BCUT2D eigenvalue weighted by Crippen LogP contribution is 1.82. The summed E-state index contributed by atoms with van der Waals surface area (Å²) in [4.78, 5) is 10.9. The van der Waals surface area contributed by atoms with Crippen LogP contribution in [0.2, 0.25) is 0 Å². The molecular formula is C8H18N4O5. The molecule has 9 heteroatoms. The predicted octanol–water partition coefficient (Wildman–Crippen LogP) is 0.168. The van der Waals surface area contributed by atoms with Gasteiger partial charge in [-0.2, -0.15) is 5.90 Å². The molecule has 0 aromatic rings. The number of rotatable bonds is 13. The van der Waals surface area contributed by atoms with Crippen LogP contribution in [0.3, 0.4) is 0 Å². The molecule has 0 fully saturated rings. The summed E-state index contributed by atoms with van der Waals surface area (Å²) in [5, 5.41) is 3.32. The lowest BCUT2D eigenvalue weighted by Crippen LogP contribution is -2.13. The summed E-state index contributed by atoms with van der Waals surface area (Å²) in [6.45, 7) is 3.29. The SMILES string of the molecule is [N-]=[N+]=NCCOCCOCCOCCOON. The minimum Gasteiger partial charge on any atom is -0.379 e. The smallest absolute Gasteiger partial charge is 0.108 e. The topological polar surface area (TPSA) is 121 Å². The number of ether oxygens (including phenoxy) is 3. The maximum Gasteiger partial charge on any atom is 0.108 e. The Labute approximate surface area is 99.2 Å². The average Bonchev–Trinajstić information content (AvgIpc) is 2.35. The van der Waals surface area contributed by atoms with Gasteiger partial charge in [0.15, 0.2) is 0 Å². The lowest BCUT2D eigenvalue weighted by atomic mass is 10.7. The molecular weight excluding hydrogens is 232 g/mol. The minimum atomic E-state index is 0.277. The predicted molar refractivity (Wildman–Crippen MR) is 57.7 cm³/mol. The van der Waals surface area contributed by atoms with E-state index in [-0.39, 0.29) is 6.61 Å². The standard InChI is InChI=1S/C8H18N4O5/c9-12-11-1-2-13-3-4-14-5-6-15-7-8-16-17-10/h1-8,10H2. The van der Waals surface area contributed by atoms with Crippen molar-refractivity contribution in [2.24, 2.45) is 11.0 Å². The first-order valence-corrected chi connectivity index (χ1v) is 5.14. The third-order valence-electron chi connectivity index (χ3n) is 1.52. The Morgan fingerprint density at radius 3 is 1.94 bits per heavy atom. The Bertz CT molecular complexity index is 200. The number of nitrogens with zero attached hydrogens (tertiary/aromatic N) is 3. The fourth-order valence-corrected chi connectivity index (χ4v) is 0.833. The molecule has 0 spiro atoms. The molecule has 0 rings (SSSR count). The molecule has 0 aromatic carbocycles. The Morgan fingerprint density at radius 2 is 1.41 bits per heavy atom. The molecule has 0 atom stereocenters. The van der Waals surface area contributed by atoms with Gasteiger partial charge in [0.2, 0.25) is 0 Å². The zero-order chi connectivity index (χ0) is 12.6. The van der Waals surface area contributed by atoms with E-state index in [0.29, 0.717) is 46.2 Å². The molecule has 2 N–H and O–H groups in total. The molecule has 100 valence electrons.